The van der Waals surface area contributed by atoms with Gasteiger partial charge in [0.15, 0.2) is 23.1 Å². The summed E-state index contributed by atoms with van der Waals surface area (Å²) >= 11 is 0. The van der Waals surface area contributed by atoms with Gasteiger partial charge < -0.3 is 24.1 Å². The van der Waals surface area contributed by atoms with Crippen LogP contribution in [0.3, 0.4) is 0 Å². The van der Waals surface area contributed by atoms with Gasteiger partial charge in [-0.15, -0.1) is 0 Å². The molecule has 9 heteroatoms. The van der Waals surface area contributed by atoms with Crippen LogP contribution in [0, 0.1) is 0 Å². The minimum absolute atomic E-state index is 0.0522. The van der Waals surface area contributed by atoms with Crippen molar-refractivity contribution in [3.05, 3.63) is 112 Å². The number of methoxy groups -OCH3 is 2. The molecule has 194 valence electrons. The highest BCUT2D eigenvalue weighted by Gasteiger charge is 2.37. The summed E-state index contributed by atoms with van der Waals surface area (Å²) in [6.45, 7) is 0. The lowest BCUT2D eigenvalue weighted by atomic mass is 9.83. The van der Waals surface area contributed by atoms with Crippen molar-refractivity contribution in [2.75, 3.05) is 14.2 Å². The maximum atomic E-state index is 13.5. The summed E-state index contributed by atoms with van der Waals surface area (Å²) in [6.07, 6.45) is 0. The second kappa shape index (κ2) is 10.1. The number of aromatic hydroxyl groups is 1. The number of hydrogen-bond acceptors (Lipinski definition) is 9. The molecule has 0 bridgehead atoms. The third-order valence-electron chi connectivity index (χ3n) is 6.16. The van der Waals surface area contributed by atoms with Crippen molar-refractivity contribution in [2.45, 2.75) is 0 Å². The second-order valence-corrected chi connectivity index (χ2v) is 8.41. The molecule has 4 aromatic carbocycles. The van der Waals surface area contributed by atoms with Crippen molar-refractivity contribution in [3.8, 4) is 28.7 Å². The number of rotatable bonds is 6. The summed E-state index contributed by atoms with van der Waals surface area (Å²) < 4.78 is 21.1. The molecule has 0 saturated carbocycles. The smallest absolute Gasteiger partial charge is 0.343 e. The zero-order chi connectivity index (χ0) is 27.7. The molecule has 0 unspecified atom stereocenters. The summed E-state index contributed by atoms with van der Waals surface area (Å²) in [7, 11) is 2.95. The molecule has 0 amide bonds. The van der Waals surface area contributed by atoms with E-state index in [1.165, 1.54) is 50.6 Å². The van der Waals surface area contributed by atoms with E-state index in [4.69, 9.17) is 18.9 Å². The molecule has 1 aliphatic carbocycles. The number of esters is 2. The maximum Gasteiger partial charge on any atom is 0.343 e. The Morgan fingerprint density at radius 3 is 1.51 bits per heavy atom. The monoisotopic (exact) mass is 524 g/mol. The minimum atomic E-state index is -0.865. The number of fused-ring (bicyclic) bond motifs is 2. The average molecular weight is 524 g/mol. The lowest BCUT2D eigenvalue weighted by Crippen LogP contribution is -2.23. The number of phenols is 1. The Bertz CT molecular complexity index is 1630. The Hall–Kier alpha value is -5.44. The van der Waals surface area contributed by atoms with Crippen LogP contribution in [0.25, 0.3) is 0 Å². The van der Waals surface area contributed by atoms with Crippen molar-refractivity contribution in [2.24, 2.45) is 0 Å². The Morgan fingerprint density at radius 1 is 0.615 bits per heavy atom. The average Bonchev–Trinajstić information content (AvgIpc) is 2.97. The van der Waals surface area contributed by atoms with E-state index >= 15 is 0 Å². The molecule has 0 fully saturated rings. The van der Waals surface area contributed by atoms with Crippen LogP contribution in [-0.4, -0.2) is 42.8 Å². The molecule has 1 aliphatic rings. The van der Waals surface area contributed by atoms with E-state index in [0.29, 0.717) is 11.5 Å². The fourth-order valence-electron chi connectivity index (χ4n) is 4.15. The number of carbonyl (C=O) groups excluding carboxylic acids is 4. The first-order valence-electron chi connectivity index (χ1n) is 11.6. The first-order chi connectivity index (χ1) is 18.8. The predicted molar refractivity (Wildman–Crippen MR) is 137 cm³/mol. The van der Waals surface area contributed by atoms with E-state index in [2.05, 4.69) is 0 Å². The molecule has 0 saturated heterocycles. The lowest BCUT2D eigenvalue weighted by Gasteiger charge is -2.22. The van der Waals surface area contributed by atoms with Crippen LogP contribution in [0.15, 0.2) is 78.9 Å². The zero-order valence-electron chi connectivity index (χ0n) is 20.7. The first-order valence-corrected chi connectivity index (χ1v) is 11.6. The van der Waals surface area contributed by atoms with E-state index in [0.717, 1.165) is 6.07 Å². The number of carbonyl (C=O) groups is 4. The van der Waals surface area contributed by atoms with Crippen LogP contribution >= 0.6 is 0 Å². The largest absolute Gasteiger partial charge is 0.504 e. The molecule has 0 spiro atoms. The number of hydrogen-bond donors (Lipinski definition) is 1. The van der Waals surface area contributed by atoms with Gasteiger partial charge in [0.05, 0.1) is 36.5 Å². The van der Waals surface area contributed by atoms with Gasteiger partial charge in [-0.3, -0.25) is 9.59 Å². The second-order valence-electron chi connectivity index (χ2n) is 8.41. The van der Waals surface area contributed by atoms with E-state index in [1.54, 1.807) is 36.4 Å². The van der Waals surface area contributed by atoms with Gasteiger partial charge in [0.25, 0.3) is 0 Å². The highest BCUT2D eigenvalue weighted by Crippen LogP contribution is 2.44. The highest BCUT2D eigenvalue weighted by atomic mass is 16.6. The number of ether oxygens (including phenoxy) is 4. The standard InChI is InChI=1S/C30H20O9/c1-36-18-11-7-16(8-12-18)29(34)38-22-15-23(39-30(35)17-9-13-19(37-2)14-10-17)28(33)25-24(22)26(31)20-5-3-4-6-21(20)27(25)32/h3-15,33H,1-2H3. The minimum Gasteiger partial charge on any atom is -0.504 e. The van der Waals surface area contributed by atoms with Gasteiger partial charge >= 0.3 is 11.9 Å². The predicted octanol–water partition coefficient (Wildman–Crippen LogP) is 4.62. The van der Waals surface area contributed by atoms with Crippen LogP contribution in [0.2, 0.25) is 0 Å². The fourth-order valence-corrected chi connectivity index (χ4v) is 4.15. The molecule has 0 aromatic heterocycles. The van der Waals surface area contributed by atoms with E-state index in [9.17, 15) is 24.3 Å². The summed E-state index contributed by atoms with van der Waals surface area (Å²) in [5.41, 5.74) is -0.365. The SMILES string of the molecule is COc1ccc(C(=O)Oc2cc(OC(=O)c3ccc(OC)cc3)c3c(c2O)C(=O)c2ccccc2C3=O)cc1. The van der Waals surface area contributed by atoms with Crippen molar-refractivity contribution in [1.29, 1.82) is 0 Å². The van der Waals surface area contributed by atoms with E-state index in [-0.39, 0.29) is 33.6 Å². The highest BCUT2D eigenvalue weighted by molar-refractivity contribution is 6.30. The Labute approximate surface area is 222 Å². The third-order valence-corrected chi connectivity index (χ3v) is 6.16. The molecule has 4 aromatic rings. The summed E-state index contributed by atoms with van der Waals surface area (Å²) in [4.78, 5) is 52.7. The summed E-state index contributed by atoms with van der Waals surface area (Å²) in [5, 5.41) is 11.0. The van der Waals surface area contributed by atoms with Crippen LogP contribution in [0.5, 0.6) is 28.7 Å². The van der Waals surface area contributed by atoms with Crippen LogP contribution in [-0.2, 0) is 0 Å². The quantitative estimate of drug-likeness (QED) is 0.250. The van der Waals surface area contributed by atoms with E-state index < -0.39 is 40.6 Å². The Kier molecular flexibility index (Phi) is 6.56. The van der Waals surface area contributed by atoms with Crippen molar-refractivity contribution in [1.82, 2.24) is 0 Å². The number of phenolic OH excluding ortho intramolecular Hbond substituents is 1. The molecular weight excluding hydrogens is 504 g/mol. The van der Waals surface area contributed by atoms with Gasteiger partial charge in [-0.05, 0) is 48.5 Å². The van der Waals surface area contributed by atoms with Crippen LogP contribution in [0.1, 0.15) is 52.6 Å². The van der Waals surface area contributed by atoms with E-state index in [1.807, 2.05) is 0 Å². The molecule has 0 heterocycles. The topological polar surface area (TPSA) is 125 Å². The lowest BCUT2D eigenvalue weighted by molar-refractivity contribution is 0.0725. The number of benzene rings is 4. The molecule has 0 aliphatic heterocycles. The summed E-state index contributed by atoms with van der Waals surface area (Å²) in [6, 6.07) is 19.1. The molecule has 0 atom stereocenters. The van der Waals surface area contributed by atoms with Gasteiger partial charge in [0.2, 0.25) is 0 Å². The van der Waals surface area contributed by atoms with Gasteiger partial charge in [0.1, 0.15) is 17.2 Å². The van der Waals surface area contributed by atoms with Crippen molar-refractivity contribution in [3.63, 3.8) is 0 Å². The fraction of sp³-hybridized carbons (Fsp3) is 0.0667. The van der Waals surface area contributed by atoms with Gasteiger partial charge in [0, 0.05) is 17.2 Å². The zero-order valence-corrected chi connectivity index (χ0v) is 20.7. The van der Waals surface area contributed by atoms with Crippen LogP contribution in [0.4, 0.5) is 0 Å². The molecular formula is C30H20O9. The molecule has 1 N–H and O–H groups in total. The first kappa shape index (κ1) is 25.2. The Balaban J connectivity index is 1.59. The van der Waals surface area contributed by atoms with Crippen molar-refractivity contribution >= 4 is 23.5 Å². The molecule has 5 rings (SSSR count). The van der Waals surface area contributed by atoms with Gasteiger partial charge in [-0.1, -0.05) is 24.3 Å². The number of ketones is 2. The van der Waals surface area contributed by atoms with Gasteiger partial charge in [-0.2, -0.15) is 0 Å². The molecule has 9 nitrogen and oxygen atoms in total. The van der Waals surface area contributed by atoms with Crippen molar-refractivity contribution < 1.29 is 43.2 Å². The summed E-state index contributed by atoms with van der Waals surface area (Å²) in [5.74, 6) is -3.57. The Morgan fingerprint density at radius 2 is 1.05 bits per heavy atom. The third kappa shape index (κ3) is 4.57. The van der Waals surface area contributed by atoms with Crippen LogP contribution < -0.4 is 18.9 Å². The molecule has 0 radical (unpaired) electrons. The molecule has 39 heavy (non-hydrogen) atoms. The normalized spacial score (nSPS) is 11.7. The maximum absolute atomic E-state index is 13.5. The van der Waals surface area contributed by atoms with Gasteiger partial charge in [-0.25, -0.2) is 9.59 Å².